The van der Waals surface area contributed by atoms with Crippen LogP contribution in [0.1, 0.15) is 35.7 Å². The van der Waals surface area contributed by atoms with Crippen LogP contribution in [0.3, 0.4) is 0 Å². The maximum Gasteiger partial charge on any atom is 0.259 e. The molecule has 1 fully saturated rings. The van der Waals surface area contributed by atoms with E-state index in [-0.39, 0.29) is 45.0 Å². The molecule has 1 aliphatic rings. The van der Waals surface area contributed by atoms with Crippen LogP contribution < -0.4 is 27.2 Å². The van der Waals surface area contributed by atoms with Crippen LogP contribution >= 0.6 is 0 Å². The van der Waals surface area contributed by atoms with E-state index in [1.54, 1.807) is 0 Å². The third kappa shape index (κ3) is 3.64. The Labute approximate surface area is 169 Å². The minimum Gasteiger partial charge on any atom is -0.484 e. The number of anilines is 1. The Morgan fingerprint density at radius 1 is 1.20 bits per heavy atom. The molecule has 1 heterocycles. The minimum absolute atomic E-state index is 0.0178. The van der Waals surface area contributed by atoms with Gasteiger partial charge in [0.15, 0.2) is 17.4 Å². The van der Waals surface area contributed by atoms with Crippen molar-refractivity contribution in [3.63, 3.8) is 0 Å². The summed E-state index contributed by atoms with van der Waals surface area (Å²) in [6, 6.07) is 6.58. The van der Waals surface area contributed by atoms with Gasteiger partial charge >= 0.3 is 0 Å². The van der Waals surface area contributed by atoms with E-state index >= 15 is 0 Å². The second-order valence-corrected chi connectivity index (χ2v) is 7.25. The van der Waals surface area contributed by atoms with Crippen LogP contribution in [0, 0.1) is 11.6 Å². The van der Waals surface area contributed by atoms with Gasteiger partial charge in [0.05, 0.1) is 11.1 Å². The molecule has 1 aliphatic carbocycles. The summed E-state index contributed by atoms with van der Waals surface area (Å²) in [6.45, 7) is 1.91. The average Bonchev–Trinajstić information content (AvgIpc) is 3.29. The number of amidine groups is 1. The number of hydrogen-bond acceptors (Lipinski definition) is 6. The van der Waals surface area contributed by atoms with Crippen molar-refractivity contribution in [3.05, 3.63) is 59.4 Å². The first-order chi connectivity index (χ1) is 14.3. The number of furan rings is 1. The molecule has 1 saturated carbocycles. The van der Waals surface area contributed by atoms with E-state index in [4.69, 9.17) is 20.8 Å². The lowest BCUT2D eigenvalue weighted by Crippen LogP contribution is -2.32. The molecule has 3 aromatic rings. The maximum atomic E-state index is 14.5. The quantitative estimate of drug-likeness (QED) is 0.220. The van der Waals surface area contributed by atoms with Crippen molar-refractivity contribution in [1.82, 2.24) is 5.43 Å². The number of carbonyl (C=O) groups is 1. The predicted octanol–water partition coefficient (Wildman–Crippen LogP) is 2.98. The van der Waals surface area contributed by atoms with Gasteiger partial charge in [-0.05, 0) is 44.0 Å². The van der Waals surface area contributed by atoms with Crippen molar-refractivity contribution in [2.24, 2.45) is 16.8 Å². The van der Waals surface area contributed by atoms with Gasteiger partial charge in [-0.15, -0.1) is 0 Å². The van der Waals surface area contributed by atoms with E-state index in [0.717, 1.165) is 25.0 Å². The van der Waals surface area contributed by atoms with Crippen molar-refractivity contribution in [3.8, 4) is 5.75 Å². The van der Waals surface area contributed by atoms with Crippen molar-refractivity contribution in [2.75, 3.05) is 5.32 Å². The van der Waals surface area contributed by atoms with E-state index in [1.165, 1.54) is 24.5 Å². The number of ether oxygens (including phenoxy) is 1. The third-order valence-corrected chi connectivity index (χ3v) is 4.93. The zero-order valence-electron chi connectivity index (χ0n) is 16.0. The van der Waals surface area contributed by atoms with E-state index in [1.807, 2.05) is 6.92 Å². The van der Waals surface area contributed by atoms with E-state index in [2.05, 4.69) is 15.8 Å². The number of hydrazine groups is 1. The van der Waals surface area contributed by atoms with Gasteiger partial charge in [0.1, 0.15) is 23.3 Å². The number of hydrogen-bond donors (Lipinski definition) is 4. The normalized spacial score (nSPS) is 15.1. The Kier molecular flexibility index (Phi) is 4.78. The minimum atomic E-state index is -0.707. The first-order valence-electron chi connectivity index (χ1n) is 9.09. The summed E-state index contributed by atoms with van der Waals surface area (Å²) in [5.41, 5.74) is 2.37. The molecule has 0 bridgehead atoms. The molecule has 156 valence electrons. The van der Waals surface area contributed by atoms with Gasteiger partial charge in [-0.1, -0.05) is 0 Å². The number of carbonyl (C=O) groups excluding carboxylic acids is 1. The van der Waals surface area contributed by atoms with Gasteiger partial charge in [-0.2, -0.15) is 5.10 Å². The van der Waals surface area contributed by atoms with Crippen molar-refractivity contribution in [2.45, 2.75) is 25.4 Å². The molecule has 0 radical (unpaired) electrons. The van der Waals surface area contributed by atoms with E-state index in [9.17, 15) is 13.6 Å². The van der Waals surface area contributed by atoms with Gasteiger partial charge in [0.25, 0.3) is 5.91 Å². The lowest BCUT2D eigenvalue weighted by atomic mass is 10.1. The number of benzene rings is 2. The molecule has 0 saturated heterocycles. The van der Waals surface area contributed by atoms with Crippen LogP contribution in [0.15, 0.2) is 46.1 Å². The number of hydrazone groups is 1. The van der Waals surface area contributed by atoms with Crippen molar-refractivity contribution >= 4 is 28.4 Å². The van der Waals surface area contributed by atoms with Crippen LogP contribution in [0.5, 0.6) is 5.75 Å². The van der Waals surface area contributed by atoms with Crippen molar-refractivity contribution in [1.29, 1.82) is 0 Å². The SMILES string of the molecule is CC1(Oc2ccc(NC(=O)c3coc4cc(/C(=N/N)NN)c(F)cc34)cc2F)CC1. The molecule has 6 N–H and O–H groups in total. The molecule has 1 aromatic heterocycles. The second kappa shape index (κ2) is 7.30. The van der Waals surface area contributed by atoms with Gasteiger partial charge in [0, 0.05) is 17.1 Å². The fourth-order valence-corrected chi connectivity index (χ4v) is 2.99. The summed E-state index contributed by atoms with van der Waals surface area (Å²) in [5.74, 6) is 8.59. The lowest BCUT2D eigenvalue weighted by Gasteiger charge is -2.14. The zero-order chi connectivity index (χ0) is 21.5. The monoisotopic (exact) mass is 415 g/mol. The largest absolute Gasteiger partial charge is 0.484 e. The lowest BCUT2D eigenvalue weighted by molar-refractivity contribution is 0.102. The molecule has 10 heteroatoms. The van der Waals surface area contributed by atoms with Gasteiger partial charge < -0.3 is 25.7 Å². The summed E-state index contributed by atoms with van der Waals surface area (Å²) >= 11 is 0. The fraction of sp³-hybridized carbons (Fsp3) is 0.200. The molecular weight excluding hydrogens is 396 g/mol. The van der Waals surface area contributed by atoms with E-state index in [0.29, 0.717) is 0 Å². The topological polar surface area (TPSA) is 128 Å². The molecule has 0 spiro atoms. The van der Waals surface area contributed by atoms with Crippen LogP contribution in [0.25, 0.3) is 11.0 Å². The smallest absolute Gasteiger partial charge is 0.259 e. The standard InChI is InChI=1S/C20H19F2N5O3/c1-20(4-5-20)30-16-3-2-10(6-15(16)22)25-19(28)13-9-29-17-8-12(18(26-23)27-24)14(21)7-11(13)17/h2-3,6-9H,4-5,23-24H2,1H3,(H,25,28)(H,26,27). The molecule has 0 atom stereocenters. The summed E-state index contributed by atoms with van der Waals surface area (Å²) in [4.78, 5) is 12.6. The summed E-state index contributed by atoms with van der Waals surface area (Å²) < 4.78 is 39.8. The molecule has 2 aromatic carbocycles. The summed E-state index contributed by atoms with van der Waals surface area (Å²) in [7, 11) is 0. The molecule has 30 heavy (non-hydrogen) atoms. The first-order valence-corrected chi connectivity index (χ1v) is 9.09. The summed E-state index contributed by atoms with van der Waals surface area (Å²) in [6.07, 6.45) is 2.92. The van der Waals surface area contributed by atoms with Crippen molar-refractivity contribution < 1.29 is 22.7 Å². The molecule has 1 amide bonds. The highest BCUT2D eigenvalue weighted by molar-refractivity contribution is 6.13. The average molecular weight is 415 g/mol. The number of amides is 1. The van der Waals surface area contributed by atoms with E-state index < -0.39 is 17.5 Å². The van der Waals surface area contributed by atoms with Crippen LogP contribution in [0.4, 0.5) is 14.5 Å². The second-order valence-electron chi connectivity index (χ2n) is 7.25. The third-order valence-electron chi connectivity index (χ3n) is 4.93. The Morgan fingerprint density at radius 3 is 2.60 bits per heavy atom. The number of nitrogens with two attached hydrogens (primary N) is 2. The zero-order valence-corrected chi connectivity index (χ0v) is 16.0. The number of nitrogens with one attached hydrogen (secondary N) is 2. The van der Waals surface area contributed by atoms with Gasteiger partial charge in [0.2, 0.25) is 0 Å². The van der Waals surface area contributed by atoms with Gasteiger partial charge in [-0.25, -0.2) is 14.6 Å². The molecular formula is C20H19F2N5O3. The number of nitrogens with zero attached hydrogens (tertiary/aromatic N) is 1. The number of fused-ring (bicyclic) bond motifs is 1. The molecule has 0 unspecified atom stereocenters. The van der Waals surface area contributed by atoms with Crippen LogP contribution in [-0.2, 0) is 0 Å². The highest BCUT2D eigenvalue weighted by Gasteiger charge is 2.40. The molecule has 8 nitrogen and oxygen atoms in total. The summed E-state index contributed by atoms with van der Waals surface area (Å²) in [5, 5.41) is 6.15. The molecule has 4 rings (SSSR count). The highest BCUT2D eigenvalue weighted by atomic mass is 19.1. The Bertz CT molecular complexity index is 1170. The first kappa shape index (κ1) is 19.6. The van der Waals surface area contributed by atoms with Crippen LogP contribution in [0.2, 0.25) is 0 Å². The Hall–Kier alpha value is -3.66. The van der Waals surface area contributed by atoms with Gasteiger partial charge in [-0.3, -0.25) is 4.79 Å². The van der Waals surface area contributed by atoms with Crippen LogP contribution in [-0.4, -0.2) is 17.3 Å². The highest BCUT2D eigenvalue weighted by Crippen LogP contribution is 2.40. The Balaban J connectivity index is 1.58. The molecule has 0 aliphatic heterocycles. The fourth-order valence-electron chi connectivity index (χ4n) is 2.99. The number of rotatable bonds is 5. The maximum absolute atomic E-state index is 14.5. The Morgan fingerprint density at radius 2 is 1.97 bits per heavy atom. The number of halogens is 2. The predicted molar refractivity (Wildman–Crippen MR) is 107 cm³/mol.